The Bertz CT molecular complexity index is 1330. The highest BCUT2D eigenvalue weighted by atomic mass is 35.5. The van der Waals surface area contributed by atoms with Crippen LogP contribution in [0.25, 0.3) is 16.9 Å². The fourth-order valence-electron chi connectivity index (χ4n) is 4.24. The van der Waals surface area contributed by atoms with Gasteiger partial charge >= 0.3 is 0 Å². The third kappa shape index (κ3) is 4.72. The first kappa shape index (κ1) is 22.9. The van der Waals surface area contributed by atoms with Gasteiger partial charge in [-0.25, -0.2) is 9.07 Å². The predicted molar refractivity (Wildman–Crippen MR) is 135 cm³/mol. The molecule has 3 aromatic carbocycles. The summed E-state index contributed by atoms with van der Waals surface area (Å²) in [6.45, 7) is 2.53. The van der Waals surface area contributed by atoms with Crippen LogP contribution in [0.15, 0.2) is 78.9 Å². The standard InChI is InChI=1S/C27H24ClFN4O2/c1-35-22-12-10-20(11-13-22)31-14-16-32(17-15-31)27(34)26-18-25(23-4-2-3-5-24(23)29)30-33(26)21-8-6-19(28)7-9-21/h2-13,18H,14-17H2,1H3. The smallest absolute Gasteiger partial charge is 0.272 e. The Kier molecular flexibility index (Phi) is 6.42. The van der Waals surface area contributed by atoms with Gasteiger partial charge in [0.1, 0.15) is 17.3 Å². The Morgan fingerprint density at radius 1 is 0.914 bits per heavy atom. The molecule has 0 unspecified atom stereocenters. The number of anilines is 1. The van der Waals surface area contributed by atoms with Gasteiger partial charge in [0.2, 0.25) is 0 Å². The van der Waals surface area contributed by atoms with E-state index in [1.807, 2.05) is 29.2 Å². The van der Waals surface area contributed by atoms with E-state index >= 15 is 0 Å². The molecule has 1 saturated heterocycles. The number of benzene rings is 3. The maximum absolute atomic E-state index is 14.5. The zero-order chi connectivity index (χ0) is 24.4. The van der Waals surface area contributed by atoms with Gasteiger partial charge in [-0.05, 0) is 66.7 Å². The van der Waals surface area contributed by atoms with E-state index in [9.17, 15) is 9.18 Å². The molecule has 8 heteroatoms. The Morgan fingerprint density at radius 3 is 2.23 bits per heavy atom. The van der Waals surface area contributed by atoms with Crippen LogP contribution in [0.2, 0.25) is 5.02 Å². The summed E-state index contributed by atoms with van der Waals surface area (Å²) in [5, 5.41) is 5.18. The maximum Gasteiger partial charge on any atom is 0.272 e. The first-order chi connectivity index (χ1) is 17.0. The van der Waals surface area contributed by atoms with Crippen LogP contribution in [0.1, 0.15) is 10.5 Å². The Morgan fingerprint density at radius 2 is 1.57 bits per heavy atom. The van der Waals surface area contributed by atoms with Crippen LogP contribution in [0.5, 0.6) is 5.75 Å². The summed E-state index contributed by atoms with van der Waals surface area (Å²) in [6, 6.07) is 23.0. The van der Waals surface area contributed by atoms with Gasteiger partial charge in [-0.2, -0.15) is 5.10 Å². The van der Waals surface area contributed by atoms with Gasteiger partial charge in [0.15, 0.2) is 0 Å². The van der Waals surface area contributed by atoms with Gasteiger partial charge < -0.3 is 14.5 Å². The Labute approximate surface area is 208 Å². The Hall–Kier alpha value is -3.84. The van der Waals surface area contributed by atoms with Crippen LogP contribution in [0.3, 0.4) is 0 Å². The molecule has 0 saturated carbocycles. The highest BCUT2D eigenvalue weighted by molar-refractivity contribution is 6.30. The Balaban J connectivity index is 1.41. The van der Waals surface area contributed by atoms with E-state index in [-0.39, 0.29) is 11.7 Å². The molecule has 4 aromatic rings. The largest absolute Gasteiger partial charge is 0.497 e. The lowest BCUT2D eigenvalue weighted by Crippen LogP contribution is -2.49. The van der Waals surface area contributed by atoms with Gasteiger partial charge in [0.25, 0.3) is 5.91 Å². The van der Waals surface area contributed by atoms with E-state index in [1.54, 1.807) is 60.3 Å². The highest BCUT2D eigenvalue weighted by Crippen LogP contribution is 2.26. The molecule has 0 spiro atoms. The lowest BCUT2D eigenvalue weighted by Gasteiger charge is -2.36. The van der Waals surface area contributed by atoms with E-state index in [2.05, 4.69) is 10.00 Å². The van der Waals surface area contributed by atoms with Crippen molar-refractivity contribution in [1.82, 2.24) is 14.7 Å². The van der Waals surface area contributed by atoms with Gasteiger partial charge in [0.05, 0.1) is 18.5 Å². The molecule has 0 bridgehead atoms. The minimum Gasteiger partial charge on any atom is -0.497 e. The molecule has 6 nitrogen and oxygen atoms in total. The van der Waals surface area contributed by atoms with Crippen molar-refractivity contribution in [3.8, 4) is 22.7 Å². The summed E-state index contributed by atoms with van der Waals surface area (Å²) in [4.78, 5) is 17.7. The zero-order valence-electron chi connectivity index (χ0n) is 19.2. The molecule has 1 aliphatic rings. The molecule has 0 radical (unpaired) electrons. The summed E-state index contributed by atoms with van der Waals surface area (Å²) in [5.74, 6) is 0.272. The van der Waals surface area contributed by atoms with Gasteiger partial charge in [-0.3, -0.25) is 4.79 Å². The van der Waals surface area contributed by atoms with Crippen molar-refractivity contribution < 1.29 is 13.9 Å². The zero-order valence-corrected chi connectivity index (χ0v) is 20.0. The second kappa shape index (κ2) is 9.80. The van der Waals surface area contributed by atoms with Crippen LogP contribution in [-0.2, 0) is 0 Å². The lowest BCUT2D eigenvalue weighted by molar-refractivity contribution is 0.0737. The van der Waals surface area contributed by atoms with Crippen molar-refractivity contribution in [3.05, 3.63) is 95.4 Å². The number of amides is 1. The molecule has 1 amide bonds. The number of carbonyl (C=O) groups is 1. The molecule has 5 rings (SSSR count). The van der Waals surface area contributed by atoms with Gasteiger partial charge in [-0.1, -0.05) is 23.7 Å². The summed E-state index contributed by atoms with van der Waals surface area (Å²) >= 11 is 6.06. The number of hydrogen-bond donors (Lipinski definition) is 0. The van der Waals surface area contributed by atoms with Crippen molar-refractivity contribution in [2.75, 3.05) is 38.2 Å². The van der Waals surface area contributed by atoms with E-state index in [0.29, 0.717) is 53.8 Å². The number of carbonyl (C=O) groups excluding carboxylic acids is 1. The maximum atomic E-state index is 14.5. The van der Waals surface area contributed by atoms with Crippen molar-refractivity contribution in [1.29, 1.82) is 0 Å². The first-order valence-corrected chi connectivity index (χ1v) is 11.7. The van der Waals surface area contributed by atoms with E-state index in [0.717, 1.165) is 11.4 Å². The van der Waals surface area contributed by atoms with E-state index < -0.39 is 0 Å². The predicted octanol–water partition coefficient (Wildman–Crippen LogP) is 5.30. The number of halogens is 2. The van der Waals surface area contributed by atoms with E-state index in [1.165, 1.54) is 6.07 Å². The average Bonchev–Trinajstić information content (AvgIpc) is 3.34. The molecule has 178 valence electrons. The summed E-state index contributed by atoms with van der Waals surface area (Å²) in [5.41, 5.74) is 2.89. The van der Waals surface area contributed by atoms with Crippen molar-refractivity contribution >= 4 is 23.2 Å². The quantitative estimate of drug-likeness (QED) is 0.381. The van der Waals surface area contributed by atoms with Crippen LogP contribution in [-0.4, -0.2) is 53.9 Å². The molecule has 2 heterocycles. The average molecular weight is 491 g/mol. The van der Waals surface area contributed by atoms with Gasteiger partial charge in [0, 0.05) is 42.5 Å². The number of nitrogens with zero attached hydrogens (tertiary/aromatic N) is 4. The minimum atomic E-state index is -0.389. The number of hydrogen-bond acceptors (Lipinski definition) is 4. The minimum absolute atomic E-state index is 0.149. The fraction of sp³-hybridized carbons (Fsp3) is 0.185. The molecular weight excluding hydrogens is 467 g/mol. The second-order valence-corrected chi connectivity index (χ2v) is 8.70. The van der Waals surface area contributed by atoms with Crippen LogP contribution >= 0.6 is 11.6 Å². The molecule has 1 aromatic heterocycles. The van der Waals surface area contributed by atoms with E-state index in [4.69, 9.17) is 16.3 Å². The first-order valence-electron chi connectivity index (χ1n) is 11.3. The molecule has 0 N–H and O–H groups in total. The van der Waals surface area contributed by atoms with Crippen LogP contribution < -0.4 is 9.64 Å². The summed E-state index contributed by atoms with van der Waals surface area (Å²) in [6.07, 6.45) is 0. The van der Waals surface area contributed by atoms with Crippen molar-refractivity contribution in [2.45, 2.75) is 0 Å². The van der Waals surface area contributed by atoms with Gasteiger partial charge in [-0.15, -0.1) is 0 Å². The van der Waals surface area contributed by atoms with Crippen LogP contribution in [0, 0.1) is 5.82 Å². The molecule has 35 heavy (non-hydrogen) atoms. The molecule has 1 fully saturated rings. The molecule has 0 atom stereocenters. The molecule has 1 aliphatic heterocycles. The number of rotatable bonds is 5. The highest BCUT2D eigenvalue weighted by Gasteiger charge is 2.27. The number of piperazine rings is 1. The monoisotopic (exact) mass is 490 g/mol. The third-order valence-electron chi connectivity index (χ3n) is 6.15. The van der Waals surface area contributed by atoms with Crippen molar-refractivity contribution in [3.63, 3.8) is 0 Å². The summed E-state index contributed by atoms with van der Waals surface area (Å²) in [7, 11) is 1.64. The lowest BCUT2D eigenvalue weighted by atomic mass is 10.1. The molecular formula is C27H24ClFN4O2. The number of ether oxygens (including phenoxy) is 1. The molecule has 0 aliphatic carbocycles. The van der Waals surface area contributed by atoms with Crippen LogP contribution in [0.4, 0.5) is 10.1 Å². The third-order valence-corrected chi connectivity index (χ3v) is 6.41. The normalized spacial score (nSPS) is 13.7. The summed E-state index contributed by atoms with van der Waals surface area (Å²) < 4.78 is 21.3. The number of aromatic nitrogens is 2. The fourth-order valence-corrected chi connectivity index (χ4v) is 4.36. The SMILES string of the molecule is COc1ccc(N2CCN(C(=O)c3cc(-c4ccccc4F)nn3-c3ccc(Cl)cc3)CC2)cc1. The second-order valence-electron chi connectivity index (χ2n) is 8.26. The number of methoxy groups -OCH3 is 1. The van der Waals surface area contributed by atoms with Crippen molar-refractivity contribution in [2.24, 2.45) is 0 Å². The topological polar surface area (TPSA) is 50.6 Å².